The van der Waals surface area contributed by atoms with Gasteiger partial charge in [-0.1, -0.05) is 0 Å². The molecule has 0 aliphatic carbocycles. The Balaban J connectivity index is 2.73. The van der Waals surface area contributed by atoms with Crippen LogP contribution in [0, 0.1) is 0 Å². The molecule has 0 aromatic carbocycles. The first-order chi connectivity index (χ1) is 6.65. The lowest BCUT2D eigenvalue weighted by Gasteiger charge is -2.04. The average Bonchev–Trinajstić information content (AvgIpc) is 2.20. The van der Waals surface area contributed by atoms with Crippen LogP contribution in [0.15, 0.2) is 15.5 Å². The Morgan fingerprint density at radius 3 is 3.14 bits per heavy atom. The summed E-state index contributed by atoms with van der Waals surface area (Å²) in [6.07, 6.45) is 1.40. The standard InChI is InChI=1S/C7H8BrN3O3/c1-14-5(12)3-9-4-2-10-11-7(13)6(4)8/h2H,3H2,1H3,(H2,9,11,13). The Kier molecular flexibility index (Phi) is 3.63. The third kappa shape index (κ3) is 2.56. The number of anilines is 1. The van der Waals surface area contributed by atoms with Gasteiger partial charge in [0.25, 0.3) is 5.56 Å². The van der Waals surface area contributed by atoms with Gasteiger partial charge in [-0.05, 0) is 15.9 Å². The number of esters is 1. The van der Waals surface area contributed by atoms with Crippen molar-refractivity contribution in [2.24, 2.45) is 0 Å². The third-order valence-electron chi connectivity index (χ3n) is 1.45. The fourth-order valence-corrected chi connectivity index (χ4v) is 1.08. The Bertz CT molecular complexity index is 390. The number of hydrogen-bond donors (Lipinski definition) is 2. The molecule has 14 heavy (non-hydrogen) atoms. The van der Waals surface area contributed by atoms with Crippen LogP contribution in [0.1, 0.15) is 0 Å². The topological polar surface area (TPSA) is 84.1 Å². The van der Waals surface area contributed by atoms with Crippen LogP contribution in [0.4, 0.5) is 5.69 Å². The maximum atomic E-state index is 11.0. The quantitative estimate of drug-likeness (QED) is 0.756. The summed E-state index contributed by atoms with van der Waals surface area (Å²) in [6, 6.07) is 0. The van der Waals surface area contributed by atoms with E-state index in [4.69, 9.17) is 0 Å². The molecule has 1 aromatic rings. The molecule has 7 heteroatoms. The molecule has 0 saturated heterocycles. The molecular weight excluding hydrogens is 254 g/mol. The average molecular weight is 262 g/mol. The highest BCUT2D eigenvalue weighted by atomic mass is 79.9. The molecule has 0 spiro atoms. The lowest BCUT2D eigenvalue weighted by molar-refractivity contribution is -0.138. The van der Waals surface area contributed by atoms with Crippen molar-refractivity contribution in [2.75, 3.05) is 19.0 Å². The molecule has 0 aliphatic rings. The number of carbonyl (C=O) groups is 1. The molecule has 1 rings (SSSR count). The fraction of sp³-hybridized carbons (Fsp3) is 0.286. The first kappa shape index (κ1) is 10.7. The van der Waals surface area contributed by atoms with E-state index < -0.39 is 5.97 Å². The van der Waals surface area contributed by atoms with Gasteiger partial charge in [-0.3, -0.25) is 9.59 Å². The lowest BCUT2D eigenvalue weighted by Crippen LogP contribution is -2.18. The SMILES string of the molecule is COC(=O)CNc1cn[nH]c(=O)c1Br. The van der Waals surface area contributed by atoms with Gasteiger partial charge in [0.1, 0.15) is 11.0 Å². The van der Waals surface area contributed by atoms with E-state index in [9.17, 15) is 9.59 Å². The lowest BCUT2D eigenvalue weighted by atomic mass is 10.4. The minimum atomic E-state index is -0.419. The van der Waals surface area contributed by atoms with Crippen molar-refractivity contribution in [2.45, 2.75) is 0 Å². The van der Waals surface area contributed by atoms with Crippen LogP contribution in [0.5, 0.6) is 0 Å². The summed E-state index contributed by atoms with van der Waals surface area (Å²) in [5, 5.41) is 8.50. The van der Waals surface area contributed by atoms with E-state index in [0.29, 0.717) is 10.2 Å². The summed E-state index contributed by atoms with van der Waals surface area (Å²) in [4.78, 5) is 21.8. The van der Waals surface area contributed by atoms with Crippen molar-refractivity contribution in [1.29, 1.82) is 0 Å². The normalized spacial score (nSPS) is 9.57. The number of carbonyl (C=O) groups excluding carboxylic acids is 1. The Morgan fingerprint density at radius 1 is 1.79 bits per heavy atom. The molecule has 0 radical (unpaired) electrons. The van der Waals surface area contributed by atoms with Crippen LogP contribution >= 0.6 is 15.9 Å². The van der Waals surface area contributed by atoms with Gasteiger partial charge in [-0.15, -0.1) is 0 Å². The molecule has 0 unspecified atom stereocenters. The monoisotopic (exact) mass is 261 g/mol. The molecule has 0 bridgehead atoms. The summed E-state index contributed by atoms with van der Waals surface area (Å²) in [5.41, 5.74) is 0.0824. The highest BCUT2D eigenvalue weighted by molar-refractivity contribution is 9.10. The molecular formula is C7H8BrN3O3. The van der Waals surface area contributed by atoms with Crippen LogP contribution in [0.3, 0.4) is 0 Å². The van der Waals surface area contributed by atoms with E-state index >= 15 is 0 Å². The van der Waals surface area contributed by atoms with E-state index in [-0.39, 0.29) is 12.1 Å². The number of halogens is 1. The van der Waals surface area contributed by atoms with Crippen molar-refractivity contribution in [3.05, 3.63) is 21.0 Å². The van der Waals surface area contributed by atoms with Gasteiger partial charge in [-0.25, -0.2) is 5.10 Å². The highest BCUT2D eigenvalue weighted by Crippen LogP contribution is 2.14. The summed E-state index contributed by atoms with van der Waals surface area (Å²) in [5.74, 6) is -0.419. The van der Waals surface area contributed by atoms with Crippen LogP contribution in [0.2, 0.25) is 0 Å². The zero-order valence-corrected chi connectivity index (χ0v) is 8.92. The molecule has 2 N–H and O–H groups in total. The second-order valence-corrected chi connectivity index (χ2v) is 3.15. The first-order valence-electron chi connectivity index (χ1n) is 3.69. The van der Waals surface area contributed by atoms with Crippen molar-refractivity contribution in [3.8, 4) is 0 Å². The van der Waals surface area contributed by atoms with E-state index in [1.54, 1.807) is 0 Å². The van der Waals surface area contributed by atoms with Gasteiger partial charge in [0.15, 0.2) is 0 Å². The number of H-pyrrole nitrogens is 1. The van der Waals surface area contributed by atoms with Crippen molar-refractivity contribution in [3.63, 3.8) is 0 Å². The smallest absolute Gasteiger partial charge is 0.325 e. The minimum absolute atomic E-state index is 0.0137. The van der Waals surface area contributed by atoms with Crippen LogP contribution in [-0.2, 0) is 9.53 Å². The van der Waals surface area contributed by atoms with Crippen molar-refractivity contribution < 1.29 is 9.53 Å². The molecule has 0 aliphatic heterocycles. The zero-order chi connectivity index (χ0) is 10.6. The largest absolute Gasteiger partial charge is 0.468 e. The Morgan fingerprint density at radius 2 is 2.50 bits per heavy atom. The minimum Gasteiger partial charge on any atom is -0.468 e. The Hall–Kier alpha value is -1.37. The molecule has 0 fully saturated rings. The second-order valence-electron chi connectivity index (χ2n) is 2.36. The number of rotatable bonds is 3. The predicted octanol–water partition coefficient (Wildman–Crippen LogP) is 0.117. The molecule has 1 heterocycles. The fourth-order valence-electron chi connectivity index (χ4n) is 0.746. The third-order valence-corrected chi connectivity index (χ3v) is 2.23. The maximum Gasteiger partial charge on any atom is 0.325 e. The number of methoxy groups -OCH3 is 1. The predicted molar refractivity (Wildman–Crippen MR) is 53.1 cm³/mol. The maximum absolute atomic E-state index is 11.0. The molecule has 0 amide bonds. The van der Waals surface area contributed by atoms with Crippen LogP contribution < -0.4 is 10.9 Å². The van der Waals surface area contributed by atoms with Gasteiger partial charge < -0.3 is 10.1 Å². The molecule has 1 aromatic heterocycles. The van der Waals surface area contributed by atoms with Crippen molar-refractivity contribution in [1.82, 2.24) is 10.2 Å². The molecule has 0 saturated carbocycles. The number of ether oxygens (including phenoxy) is 1. The molecule has 6 nitrogen and oxygen atoms in total. The number of aromatic amines is 1. The molecule has 0 atom stereocenters. The number of nitrogens with one attached hydrogen (secondary N) is 2. The highest BCUT2D eigenvalue weighted by Gasteiger charge is 2.05. The second kappa shape index (κ2) is 4.75. The van der Waals surface area contributed by atoms with Gasteiger partial charge in [0.05, 0.1) is 19.0 Å². The first-order valence-corrected chi connectivity index (χ1v) is 4.48. The van der Waals surface area contributed by atoms with Gasteiger partial charge >= 0.3 is 5.97 Å². The van der Waals surface area contributed by atoms with E-state index in [1.807, 2.05) is 0 Å². The molecule has 76 valence electrons. The summed E-state index contributed by atoms with van der Waals surface area (Å²) < 4.78 is 4.72. The number of nitrogens with zero attached hydrogens (tertiary/aromatic N) is 1. The van der Waals surface area contributed by atoms with Crippen LogP contribution in [0.25, 0.3) is 0 Å². The zero-order valence-electron chi connectivity index (χ0n) is 7.33. The van der Waals surface area contributed by atoms with Gasteiger partial charge in [0.2, 0.25) is 0 Å². The number of hydrogen-bond acceptors (Lipinski definition) is 5. The Labute approximate surface area is 87.8 Å². The summed E-state index contributed by atoms with van der Waals surface area (Å²) >= 11 is 3.05. The van der Waals surface area contributed by atoms with E-state index in [0.717, 1.165) is 0 Å². The number of aromatic nitrogens is 2. The van der Waals surface area contributed by atoms with E-state index in [2.05, 4.69) is 36.2 Å². The van der Waals surface area contributed by atoms with Crippen molar-refractivity contribution >= 4 is 27.6 Å². The van der Waals surface area contributed by atoms with Gasteiger partial charge in [-0.2, -0.15) is 5.10 Å². The summed E-state index contributed by atoms with van der Waals surface area (Å²) in [7, 11) is 1.29. The van der Waals surface area contributed by atoms with Gasteiger partial charge in [0, 0.05) is 0 Å². The van der Waals surface area contributed by atoms with Crippen LogP contribution in [-0.4, -0.2) is 29.8 Å². The van der Waals surface area contributed by atoms with E-state index in [1.165, 1.54) is 13.3 Å². The summed E-state index contributed by atoms with van der Waals surface area (Å²) in [6.45, 7) is -0.0137.